The third kappa shape index (κ3) is 7.69. The quantitative estimate of drug-likeness (QED) is 0.260. The molecule has 3 N–H and O–H groups in total. The predicted octanol–water partition coefficient (Wildman–Crippen LogP) is 4.48. The topological polar surface area (TPSA) is 136 Å². The van der Waals surface area contributed by atoms with Gasteiger partial charge in [-0.15, -0.1) is 0 Å². The van der Waals surface area contributed by atoms with E-state index in [1.54, 1.807) is 13.1 Å². The number of nitrogens with one attached hydrogen (secondary N) is 2. The highest BCUT2D eigenvalue weighted by Crippen LogP contribution is 2.42. The van der Waals surface area contributed by atoms with Crippen LogP contribution in [0.4, 0.5) is 11.4 Å². The van der Waals surface area contributed by atoms with Crippen LogP contribution in [-0.4, -0.2) is 67.8 Å². The molecule has 0 saturated heterocycles. The normalized spacial score (nSPS) is 19.6. The monoisotopic (exact) mass is 632 g/mol. The van der Waals surface area contributed by atoms with Crippen LogP contribution >= 0.6 is 11.6 Å². The van der Waals surface area contributed by atoms with E-state index >= 15 is 0 Å². The number of carbonyl (C=O) groups excluding carboxylic acids is 2. The van der Waals surface area contributed by atoms with E-state index in [9.17, 15) is 27.9 Å². The summed E-state index contributed by atoms with van der Waals surface area (Å²) in [6.45, 7) is 2.73. The number of aliphatic carboxylic acids is 1. The van der Waals surface area contributed by atoms with Crippen LogP contribution in [-0.2, 0) is 30.8 Å². The number of carbonyl (C=O) groups is 3. The molecule has 2 aromatic carbocycles. The number of aryl methyl sites for hydroxylation is 1. The molecular formula is C31H41ClN4O6S. The van der Waals surface area contributed by atoms with Crippen molar-refractivity contribution in [3.05, 3.63) is 53.1 Å². The van der Waals surface area contributed by atoms with Gasteiger partial charge >= 0.3 is 17.8 Å². The predicted molar refractivity (Wildman–Crippen MR) is 166 cm³/mol. The number of halogens is 1. The highest BCUT2D eigenvalue weighted by molar-refractivity contribution is 7.89. The second-order valence-electron chi connectivity index (χ2n) is 11.4. The van der Waals surface area contributed by atoms with Crippen molar-refractivity contribution in [3.63, 3.8) is 0 Å². The Labute approximate surface area is 258 Å². The van der Waals surface area contributed by atoms with Crippen LogP contribution in [0.2, 0.25) is 5.02 Å². The summed E-state index contributed by atoms with van der Waals surface area (Å²) in [5, 5.41) is 14.8. The Morgan fingerprint density at radius 1 is 1.07 bits per heavy atom. The molecule has 1 aliphatic heterocycles. The van der Waals surface area contributed by atoms with Crippen molar-refractivity contribution in [1.82, 2.24) is 14.9 Å². The van der Waals surface area contributed by atoms with Gasteiger partial charge in [-0.3, -0.25) is 9.59 Å². The zero-order valence-corrected chi connectivity index (χ0v) is 26.3. The van der Waals surface area contributed by atoms with Gasteiger partial charge in [0, 0.05) is 36.9 Å². The first-order valence-electron chi connectivity index (χ1n) is 15.0. The maximum Gasteiger partial charge on any atom is 0.326 e. The van der Waals surface area contributed by atoms with E-state index in [2.05, 4.69) is 10.6 Å². The van der Waals surface area contributed by atoms with E-state index in [0.29, 0.717) is 35.8 Å². The fourth-order valence-corrected chi connectivity index (χ4v) is 7.87. The number of carboxylic acid groups (broad SMARTS) is 1. The number of hydrogen-bond acceptors (Lipinski definition) is 6. The van der Waals surface area contributed by atoms with Crippen molar-refractivity contribution in [2.45, 2.75) is 81.7 Å². The summed E-state index contributed by atoms with van der Waals surface area (Å²) in [5.41, 5.74) is 1.76. The van der Waals surface area contributed by atoms with Crippen LogP contribution in [0.5, 0.6) is 0 Å². The SMILES string of the molecule is CCCCNC(=O)C(=O)N[C@@H](CCc1cc2c(cc1Cl)N(c1ccccc1)C[C@@H](C1CCCCC1)N(C)S2(=O)=O)C(=O)O. The Kier molecular flexibility index (Phi) is 11.1. The molecule has 1 fully saturated rings. The molecule has 0 unspecified atom stereocenters. The maximum absolute atomic E-state index is 14.2. The number of para-hydroxylation sites is 1. The average Bonchev–Trinajstić information content (AvgIpc) is 3.08. The Balaban J connectivity index is 1.64. The van der Waals surface area contributed by atoms with Crippen LogP contribution in [0, 0.1) is 5.92 Å². The highest BCUT2D eigenvalue weighted by atomic mass is 35.5. The molecule has 4 rings (SSSR count). The molecule has 0 aromatic heterocycles. The number of likely N-dealkylation sites (N-methyl/N-ethyl adjacent to an activating group) is 1. The first-order chi connectivity index (χ1) is 20.5. The lowest BCUT2D eigenvalue weighted by Crippen LogP contribution is -2.48. The zero-order chi connectivity index (χ0) is 31.1. The second kappa shape index (κ2) is 14.5. The number of carboxylic acids is 1. The summed E-state index contributed by atoms with van der Waals surface area (Å²) in [5.74, 6) is -3.01. The van der Waals surface area contributed by atoms with Gasteiger partial charge in [-0.25, -0.2) is 13.2 Å². The lowest BCUT2D eigenvalue weighted by Gasteiger charge is -2.36. The van der Waals surface area contributed by atoms with Crippen LogP contribution in [0.3, 0.4) is 0 Å². The summed E-state index contributed by atoms with van der Waals surface area (Å²) in [6, 6.07) is 11.2. The summed E-state index contributed by atoms with van der Waals surface area (Å²) < 4.78 is 29.8. The van der Waals surface area contributed by atoms with Crippen molar-refractivity contribution >= 4 is 50.8 Å². The van der Waals surface area contributed by atoms with Crippen molar-refractivity contribution < 1.29 is 27.9 Å². The lowest BCUT2D eigenvalue weighted by molar-refractivity contribution is -0.144. The smallest absolute Gasteiger partial charge is 0.326 e. The number of rotatable bonds is 10. The lowest BCUT2D eigenvalue weighted by atomic mass is 9.83. The molecule has 0 bridgehead atoms. The molecule has 10 nitrogen and oxygen atoms in total. The summed E-state index contributed by atoms with van der Waals surface area (Å²) >= 11 is 6.74. The molecular weight excluding hydrogens is 592 g/mol. The second-order valence-corrected chi connectivity index (χ2v) is 13.7. The van der Waals surface area contributed by atoms with Crippen LogP contribution < -0.4 is 15.5 Å². The van der Waals surface area contributed by atoms with Gasteiger partial charge < -0.3 is 20.6 Å². The Hall–Kier alpha value is -3.15. The number of benzene rings is 2. The Morgan fingerprint density at radius 3 is 2.42 bits per heavy atom. The standard InChI is InChI=1S/C31H41ClN4O6S/c1-3-4-17-33-29(37)30(38)34-25(31(39)40)16-15-22-18-28-26(19-24(22)32)36(23-13-9-6-10-14-23)20-27(35(2)43(28,41)42)21-11-7-5-8-12-21/h6,9-10,13-14,18-19,21,25,27H,3-5,7-8,11-12,15-17,20H2,1-2H3,(H,33,37)(H,34,38)(H,39,40)/t25-,27-/m0/s1. The highest BCUT2D eigenvalue weighted by Gasteiger charge is 2.41. The van der Waals surface area contributed by atoms with Gasteiger partial charge in [-0.2, -0.15) is 4.31 Å². The third-order valence-corrected chi connectivity index (χ3v) is 10.8. The molecule has 43 heavy (non-hydrogen) atoms. The summed E-state index contributed by atoms with van der Waals surface area (Å²) in [4.78, 5) is 38.4. The average molecular weight is 633 g/mol. The molecule has 1 saturated carbocycles. The van der Waals surface area contributed by atoms with Crippen molar-refractivity contribution in [2.24, 2.45) is 5.92 Å². The minimum atomic E-state index is -3.94. The number of nitrogens with zero attached hydrogens (tertiary/aromatic N) is 2. The molecule has 12 heteroatoms. The van der Waals surface area contributed by atoms with Gasteiger partial charge in [0.05, 0.1) is 5.69 Å². The summed E-state index contributed by atoms with van der Waals surface area (Å²) in [7, 11) is -2.30. The van der Waals surface area contributed by atoms with Gasteiger partial charge in [0.1, 0.15) is 10.9 Å². The fourth-order valence-electron chi connectivity index (χ4n) is 5.99. The molecule has 2 aromatic rings. The molecule has 1 aliphatic carbocycles. The first-order valence-corrected chi connectivity index (χ1v) is 16.8. The van der Waals surface area contributed by atoms with Gasteiger partial charge in [-0.1, -0.05) is 62.4 Å². The van der Waals surface area contributed by atoms with Crippen LogP contribution in [0.15, 0.2) is 47.4 Å². The third-order valence-electron chi connectivity index (χ3n) is 8.50. The van der Waals surface area contributed by atoms with E-state index < -0.39 is 33.8 Å². The Bertz CT molecular complexity index is 1410. The first kappa shape index (κ1) is 32.8. The number of hydrogen-bond donors (Lipinski definition) is 3. The van der Waals surface area contributed by atoms with Crippen LogP contribution in [0.1, 0.15) is 63.9 Å². The molecule has 0 radical (unpaired) electrons. The number of amides is 2. The molecule has 234 valence electrons. The number of unbranched alkanes of at least 4 members (excludes halogenated alkanes) is 1. The van der Waals surface area contributed by atoms with Crippen molar-refractivity contribution in [3.8, 4) is 0 Å². The van der Waals surface area contributed by atoms with Gasteiger partial charge in [0.15, 0.2) is 0 Å². The Morgan fingerprint density at radius 2 is 1.77 bits per heavy atom. The minimum absolute atomic E-state index is 0.0669. The van der Waals surface area contributed by atoms with E-state index in [1.165, 1.54) is 10.4 Å². The van der Waals surface area contributed by atoms with E-state index in [1.807, 2.05) is 42.2 Å². The molecule has 1 heterocycles. The van der Waals surface area contributed by atoms with Gasteiger partial charge in [0.25, 0.3) is 0 Å². The zero-order valence-electron chi connectivity index (χ0n) is 24.7. The maximum atomic E-state index is 14.2. The van der Waals surface area contributed by atoms with Crippen molar-refractivity contribution in [1.29, 1.82) is 0 Å². The van der Waals surface area contributed by atoms with Gasteiger partial charge in [-0.05, 0) is 67.9 Å². The summed E-state index contributed by atoms with van der Waals surface area (Å²) in [6.07, 6.45) is 6.74. The van der Waals surface area contributed by atoms with E-state index in [-0.39, 0.29) is 29.7 Å². The van der Waals surface area contributed by atoms with Crippen molar-refractivity contribution in [2.75, 3.05) is 25.0 Å². The molecule has 2 atom stereocenters. The fraction of sp³-hybridized carbons (Fsp3) is 0.516. The minimum Gasteiger partial charge on any atom is -0.480 e. The number of fused-ring (bicyclic) bond motifs is 1. The van der Waals surface area contributed by atoms with Gasteiger partial charge in [0.2, 0.25) is 10.0 Å². The van der Waals surface area contributed by atoms with E-state index in [0.717, 1.165) is 44.2 Å². The number of sulfonamides is 1. The largest absolute Gasteiger partial charge is 0.480 e. The van der Waals surface area contributed by atoms with E-state index in [4.69, 9.17) is 11.6 Å². The van der Waals surface area contributed by atoms with Crippen LogP contribution in [0.25, 0.3) is 0 Å². The number of anilines is 2. The molecule has 2 aliphatic rings. The molecule has 0 spiro atoms. The molecule has 2 amide bonds.